The molecule has 2 aromatic carbocycles. The zero-order valence-corrected chi connectivity index (χ0v) is 21.4. The number of hydrogen-bond donors (Lipinski definition) is 0. The van der Waals surface area contributed by atoms with Crippen LogP contribution in [-0.2, 0) is 27.8 Å². The van der Waals surface area contributed by atoms with Crippen LogP contribution in [0.1, 0.15) is 25.3 Å². The normalized spacial score (nSPS) is 18.1. The Hall–Kier alpha value is -1.94. The van der Waals surface area contributed by atoms with Crippen LogP contribution in [0, 0.1) is 5.92 Å². The molecular weight excluding hydrogens is 474 g/mol. The molecular formula is C24H29N3O3S3. The summed E-state index contributed by atoms with van der Waals surface area (Å²) in [5, 5.41) is 0. The summed E-state index contributed by atoms with van der Waals surface area (Å²) in [5.41, 5.74) is 2.35. The van der Waals surface area contributed by atoms with Crippen LogP contribution in [-0.4, -0.2) is 48.3 Å². The van der Waals surface area contributed by atoms with Crippen molar-refractivity contribution < 1.29 is 13.2 Å². The van der Waals surface area contributed by atoms with Gasteiger partial charge in [0.25, 0.3) is 5.91 Å². The Morgan fingerprint density at radius 3 is 2.73 bits per heavy atom. The van der Waals surface area contributed by atoms with Gasteiger partial charge in [-0.25, -0.2) is 8.42 Å². The van der Waals surface area contributed by atoms with Crippen LogP contribution in [0.15, 0.2) is 58.4 Å². The number of amides is 1. The number of nitrogens with zero attached hydrogens (tertiary/aromatic N) is 3. The summed E-state index contributed by atoms with van der Waals surface area (Å²) in [7, 11) is -3.62. The summed E-state index contributed by atoms with van der Waals surface area (Å²) in [6, 6.07) is 14.8. The lowest BCUT2D eigenvalue weighted by atomic mass is 9.99. The molecule has 0 radical (unpaired) electrons. The lowest BCUT2D eigenvalue weighted by Crippen LogP contribution is -2.42. The lowest BCUT2D eigenvalue weighted by molar-refractivity contribution is -0.122. The molecule has 0 aliphatic carbocycles. The van der Waals surface area contributed by atoms with Crippen LogP contribution in [0.4, 0.5) is 0 Å². The first-order valence-corrected chi connectivity index (χ1v) is 14.8. The van der Waals surface area contributed by atoms with Gasteiger partial charge in [0.2, 0.25) is 10.0 Å². The molecule has 3 aromatic rings. The minimum absolute atomic E-state index is 0.176. The molecule has 33 heavy (non-hydrogen) atoms. The van der Waals surface area contributed by atoms with Crippen molar-refractivity contribution in [3.05, 3.63) is 58.9 Å². The predicted molar refractivity (Wildman–Crippen MR) is 136 cm³/mol. The summed E-state index contributed by atoms with van der Waals surface area (Å²) < 4.78 is 30.8. The van der Waals surface area contributed by atoms with E-state index in [1.165, 1.54) is 21.2 Å². The quantitative estimate of drug-likeness (QED) is 0.485. The number of benzene rings is 2. The van der Waals surface area contributed by atoms with E-state index >= 15 is 0 Å². The van der Waals surface area contributed by atoms with Crippen LogP contribution in [0.25, 0.3) is 10.2 Å². The van der Waals surface area contributed by atoms with Crippen molar-refractivity contribution in [2.45, 2.75) is 37.6 Å². The van der Waals surface area contributed by atoms with Crippen LogP contribution < -0.4 is 4.80 Å². The molecule has 176 valence electrons. The van der Waals surface area contributed by atoms with E-state index in [0.717, 1.165) is 28.9 Å². The van der Waals surface area contributed by atoms with Gasteiger partial charge in [0, 0.05) is 25.4 Å². The Labute approximate surface area is 203 Å². The molecule has 1 aromatic heterocycles. The van der Waals surface area contributed by atoms with Crippen molar-refractivity contribution in [2.75, 3.05) is 25.1 Å². The minimum Gasteiger partial charge on any atom is -0.316 e. The van der Waals surface area contributed by atoms with E-state index in [-0.39, 0.29) is 17.3 Å². The molecule has 1 unspecified atom stereocenters. The molecule has 0 N–H and O–H groups in total. The average Bonchev–Trinajstić information content (AvgIpc) is 3.19. The van der Waals surface area contributed by atoms with Crippen LogP contribution in [0.2, 0.25) is 0 Å². The van der Waals surface area contributed by atoms with E-state index in [2.05, 4.69) is 40.9 Å². The molecule has 1 aliphatic heterocycles. The maximum Gasteiger partial charge on any atom is 0.252 e. The van der Waals surface area contributed by atoms with E-state index < -0.39 is 15.9 Å². The topological polar surface area (TPSA) is 71.7 Å². The lowest BCUT2D eigenvalue weighted by Gasteiger charge is -2.30. The fraction of sp³-hybridized carbons (Fsp3) is 0.417. The van der Waals surface area contributed by atoms with E-state index in [4.69, 9.17) is 0 Å². The number of sulfonamides is 1. The molecule has 1 atom stereocenters. The standard InChI is InChI=1S/C24H29N3O3S3/c1-3-18-11-12-21-22(16-18)32-24(27(21)14-15-31-2)25-23(28)19-8-7-13-26(17-19)33(29,30)20-9-5-4-6-10-20/h4-6,9-12,16,19H,3,7-8,13-15,17H2,1-2H3. The highest BCUT2D eigenvalue weighted by Gasteiger charge is 2.33. The number of hydrogen-bond acceptors (Lipinski definition) is 5. The number of carbonyl (C=O) groups excluding carboxylic acids is 1. The fourth-order valence-corrected chi connectivity index (χ4v) is 7.15. The largest absolute Gasteiger partial charge is 0.316 e. The second-order valence-electron chi connectivity index (χ2n) is 8.15. The predicted octanol–water partition coefficient (Wildman–Crippen LogP) is 4.16. The first kappa shape index (κ1) is 24.2. The number of thioether (sulfide) groups is 1. The molecule has 2 heterocycles. The molecule has 4 rings (SSSR count). The minimum atomic E-state index is -3.62. The number of carbonyl (C=O) groups is 1. The summed E-state index contributed by atoms with van der Waals surface area (Å²) in [6.07, 6.45) is 4.32. The number of aryl methyl sites for hydroxylation is 2. The smallest absolute Gasteiger partial charge is 0.252 e. The molecule has 9 heteroatoms. The Morgan fingerprint density at radius 1 is 1.21 bits per heavy atom. The van der Waals surface area contributed by atoms with Crippen molar-refractivity contribution >= 4 is 49.2 Å². The summed E-state index contributed by atoms with van der Waals surface area (Å²) in [5.74, 6) is 0.265. The molecule has 6 nitrogen and oxygen atoms in total. The number of fused-ring (bicyclic) bond motifs is 1. The van der Waals surface area contributed by atoms with E-state index in [9.17, 15) is 13.2 Å². The van der Waals surface area contributed by atoms with Crippen LogP contribution in [0.3, 0.4) is 0 Å². The summed E-state index contributed by atoms with van der Waals surface area (Å²) in [6.45, 7) is 3.51. The van der Waals surface area contributed by atoms with Gasteiger partial charge in [-0.15, -0.1) is 0 Å². The van der Waals surface area contributed by atoms with Gasteiger partial charge in [0.1, 0.15) is 0 Å². The van der Waals surface area contributed by atoms with Gasteiger partial charge in [-0.2, -0.15) is 21.1 Å². The summed E-state index contributed by atoms with van der Waals surface area (Å²) >= 11 is 3.29. The maximum absolute atomic E-state index is 13.2. The van der Waals surface area contributed by atoms with Crippen molar-refractivity contribution in [3.8, 4) is 0 Å². The highest BCUT2D eigenvalue weighted by molar-refractivity contribution is 7.98. The van der Waals surface area contributed by atoms with Gasteiger partial charge >= 0.3 is 0 Å². The van der Waals surface area contributed by atoms with Gasteiger partial charge in [0.15, 0.2) is 4.80 Å². The third-order valence-electron chi connectivity index (χ3n) is 5.99. The number of piperidine rings is 1. The SMILES string of the molecule is CCc1ccc2c(c1)sc(=NC(=O)C1CCCN(S(=O)(=O)c3ccccc3)C1)n2CCSC. The molecule has 1 amide bonds. The van der Waals surface area contributed by atoms with Crippen molar-refractivity contribution in [1.29, 1.82) is 0 Å². The fourth-order valence-electron chi connectivity index (χ4n) is 4.11. The molecule has 1 aliphatic rings. The van der Waals surface area contributed by atoms with Gasteiger partial charge in [-0.3, -0.25) is 4.79 Å². The van der Waals surface area contributed by atoms with Crippen molar-refractivity contribution in [3.63, 3.8) is 0 Å². The first-order chi connectivity index (χ1) is 15.9. The third kappa shape index (κ3) is 5.26. The number of rotatable bonds is 7. The first-order valence-electron chi connectivity index (χ1n) is 11.2. The van der Waals surface area contributed by atoms with Gasteiger partial charge in [-0.1, -0.05) is 42.5 Å². The zero-order chi connectivity index (χ0) is 23.4. The monoisotopic (exact) mass is 503 g/mol. The molecule has 0 saturated carbocycles. The van der Waals surface area contributed by atoms with Crippen LogP contribution in [0.5, 0.6) is 0 Å². The van der Waals surface area contributed by atoms with Crippen molar-refractivity contribution in [1.82, 2.24) is 8.87 Å². The zero-order valence-electron chi connectivity index (χ0n) is 18.9. The molecule has 1 fully saturated rings. The Kier molecular flexibility index (Phi) is 7.73. The van der Waals surface area contributed by atoms with E-state index in [0.29, 0.717) is 24.2 Å². The Bertz CT molecular complexity index is 1300. The van der Waals surface area contributed by atoms with E-state index in [1.54, 1.807) is 42.1 Å². The maximum atomic E-state index is 13.2. The molecule has 0 bridgehead atoms. The van der Waals surface area contributed by atoms with Gasteiger partial charge in [-0.05, 0) is 55.3 Å². The second kappa shape index (κ2) is 10.5. The van der Waals surface area contributed by atoms with Crippen LogP contribution >= 0.6 is 23.1 Å². The molecule has 1 saturated heterocycles. The second-order valence-corrected chi connectivity index (χ2v) is 12.1. The Morgan fingerprint density at radius 2 is 2.00 bits per heavy atom. The number of aromatic nitrogens is 1. The third-order valence-corrected chi connectivity index (χ3v) is 9.51. The van der Waals surface area contributed by atoms with Gasteiger partial charge in [0.05, 0.1) is 21.0 Å². The molecule has 0 spiro atoms. The van der Waals surface area contributed by atoms with Gasteiger partial charge < -0.3 is 4.57 Å². The highest BCUT2D eigenvalue weighted by atomic mass is 32.2. The highest BCUT2D eigenvalue weighted by Crippen LogP contribution is 2.25. The average molecular weight is 504 g/mol. The summed E-state index contributed by atoms with van der Waals surface area (Å²) in [4.78, 5) is 18.7. The van der Waals surface area contributed by atoms with Crippen molar-refractivity contribution in [2.24, 2.45) is 10.9 Å². The Balaban J connectivity index is 1.63. The number of thiazole rings is 1. The van der Waals surface area contributed by atoms with E-state index in [1.807, 2.05) is 0 Å².